The number of hydrogen-bond acceptors (Lipinski definition) is 4. The molecule has 5 nitrogen and oxygen atoms in total. The summed E-state index contributed by atoms with van der Waals surface area (Å²) >= 11 is 0. The molecule has 2 aromatic rings. The zero-order valence-corrected chi connectivity index (χ0v) is 8.42. The number of nitrogens with zero attached hydrogens (tertiary/aromatic N) is 3. The topological polar surface area (TPSA) is 66.0 Å². The molecular formula is C10H12N4O. The van der Waals surface area contributed by atoms with Gasteiger partial charge in [0.2, 0.25) is 0 Å². The summed E-state index contributed by atoms with van der Waals surface area (Å²) in [6, 6.07) is 3.67. The van der Waals surface area contributed by atoms with Gasteiger partial charge in [0.05, 0.1) is 13.7 Å². The highest BCUT2D eigenvalue weighted by molar-refractivity contribution is 5.40. The summed E-state index contributed by atoms with van der Waals surface area (Å²) in [6.45, 7) is 0.368. The molecule has 2 rings (SSSR count). The van der Waals surface area contributed by atoms with Gasteiger partial charge in [-0.1, -0.05) is 0 Å². The van der Waals surface area contributed by atoms with Crippen LogP contribution in [0.25, 0.3) is 5.82 Å². The smallest absolute Gasteiger partial charge is 0.181 e. The summed E-state index contributed by atoms with van der Waals surface area (Å²) < 4.78 is 7.03. The number of hydrogen-bond donors (Lipinski definition) is 1. The van der Waals surface area contributed by atoms with E-state index in [1.807, 2.05) is 22.9 Å². The Kier molecular flexibility index (Phi) is 2.64. The maximum absolute atomic E-state index is 5.57. The van der Waals surface area contributed by atoms with Gasteiger partial charge in [-0.2, -0.15) is 0 Å². The Hall–Kier alpha value is -1.88. The fourth-order valence-corrected chi connectivity index (χ4v) is 1.40. The van der Waals surface area contributed by atoms with E-state index in [0.29, 0.717) is 18.1 Å². The van der Waals surface area contributed by atoms with E-state index in [4.69, 9.17) is 10.5 Å². The molecule has 0 saturated carbocycles. The van der Waals surface area contributed by atoms with Gasteiger partial charge in [0.25, 0.3) is 0 Å². The summed E-state index contributed by atoms with van der Waals surface area (Å²) in [5.41, 5.74) is 5.57. The van der Waals surface area contributed by atoms with Crippen LogP contribution in [0.5, 0.6) is 5.75 Å². The molecule has 2 heterocycles. The largest absolute Gasteiger partial charge is 0.493 e. The lowest BCUT2D eigenvalue weighted by Gasteiger charge is -2.09. The average molecular weight is 204 g/mol. The molecule has 0 amide bonds. The molecular weight excluding hydrogens is 192 g/mol. The third-order valence-electron chi connectivity index (χ3n) is 2.10. The lowest BCUT2D eigenvalue weighted by atomic mass is 10.4. The first-order chi connectivity index (χ1) is 7.36. The summed E-state index contributed by atoms with van der Waals surface area (Å²) in [7, 11) is 1.61. The quantitative estimate of drug-likeness (QED) is 0.800. The summed E-state index contributed by atoms with van der Waals surface area (Å²) in [4.78, 5) is 8.37. The normalized spacial score (nSPS) is 10.3. The Morgan fingerprint density at radius 2 is 2.27 bits per heavy atom. The van der Waals surface area contributed by atoms with Crippen LogP contribution in [0, 0.1) is 0 Å². The standard InChI is InChI=1S/C10H12N4O/c1-15-8-3-2-4-13-10(8)14-6-5-12-9(14)7-11/h2-6H,7,11H2,1H3. The molecule has 0 saturated heterocycles. The third-order valence-corrected chi connectivity index (χ3v) is 2.10. The molecule has 0 aliphatic carbocycles. The van der Waals surface area contributed by atoms with Crippen LogP contribution in [-0.4, -0.2) is 21.6 Å². The molecule has 0 spiro atoms. The highest BCUT2D eigenvalue weighted by Crippen LogP contribution is 2.20. The van der Waals surface area contributed by atoms with E-state index in [-0.39, 0.29) is 0 Å². The first-order valence-electron chi connectivity index (χ1n) is 4.58. The number of pyridine rings is 1. The van der Waals surface area contributed by atoms with Crippen molar-refractivity contribution >= 4 is 0 Å². The van der Waals surface area contributed by atoms with Crippen molar-refractivity contribution in [1.29, 1.82) is 0 Å². The van der Waals surface area contributed by atoms with Crippen LogP contribution < -0.4 is 10.5 Å². The Labute approximate surface area is 87.5 Å². The van der Waals surface area contributed by atoms with Crippen molar-refractivity contribution in [1.82, 2.24) is 14.5 Å². The maximum Gasteiger partial charge on any atom is 0.181 e. The first kappa shape index (κ1) is 9.67. The van der Waals surface area contributed by atoms with Gasteiger partial charge in [-0.05, 0) is 12.1 Å². The fourth-order valence-electron chi connectivity index (χ4n) is 1.40. The van der Waals surface area contributed by atoms with Crippen LogP contribution in [0.1, 0.15) is 5.82 Å². The van der Waals surface area contributed by atoms with Crippen molar-refractivity contribution in [3.05, 3.63) is 36.5 Å². The Bertz CT molecular complexity index is 452. The van der Waals surface area contributed by atoms with Crippen molar-refractivity contribution < 1.29 is 4.74 Å². The monoisotopic (exact) mass is 204 g/mol. The van der Waals surface area contributed by atoms with Gasteiger partial charge in [0.1, 0.15) is 5.82 Å². The Balaban J connectivity index is 2.53. The molecule has 0 aromatic carbocycles. The summed E-state index contributed by atoms with van der Waals surface area (Å²) in [5, 5.41) is 0. The molecule has 0 aliphatic rings. The van der Waals surface area contributed by atoms with Crippen LogP contribution in [0.3, 0.4) is 0 Å². The fraction of sp³-hybridized carbons (Fsp3) is 0.200. The molecule has 0 atom stereocenters. The molecule has 5 heteroatoms. The maximum atomic E-state index is 5.57. The highest BCUT2D eigenvalue weighted by atomic mass is 16.5. The van der Waals surface area contributed by atoms with Crippen LogP contribution in [-0.2, 0) is 6.54 Å². The predicted octanol–water partition coefficient (Wildman–Crippen LogP) is 0.735. The Morgan fingerprint density at radius 1 is 1.40 bits per heavy atom. The summed E-state index contributed by atoms with van der Waals surface area (Å²) in [6.07, 6.45) is 5.21. The van der Waals surface area contributed by atoms with E-state index in [0.717, 1.165) is 5.82 Å². The second kappa shape index (κ2) is 4.10. The number of ether oxygens (including phenoxy) is 1. The zero-order valence-electron chi connectivity index (χ0n) is 8.42. The first-order valence-corrected chi connectivity index (χ1v) is 4.58. The Morgan fingerprint density at radius 3 is 3.00 bits per heavy atom. The molecule has 15 heavy (non-hydrogen) atoms. The van der Waals surface area contributed by atoms with Gasteiger partial charge in [-0.15, -0.1) is 0 Å². The number of methoxy groups -OCH3 is 1. The SMILES string of the molecule is COc1cccnc1-n1ccnc1CN. The number of rotatable bonds is 3. The minimum atomic E-state index is 0.368. The molecule has 0 unspecified atom stereocenters. The van der Waals surface area contributed by atoms with E-state index >= 15 is 0 Å². The molecule has 0 radical (unpaired) electrons. The summed E-state index contributed by atoms with van der Waals surface area (Å²) in [5.74, 6) is 2.16. The van der Waals surface area contributed by atoms with E-state index in [1.165, 1.54) is 0 Å². The number of aromatic nitrogens is 3. The minimum absolute atomic E-state index is 0.368. The lowest BCUT2D eigenvalue weighted by Crippen LogP contribution is -2.08. The lowest BCUT2D eigenvalue weighted by molar-refractivity contribution is 0.410. The van der Waals surface area contributed by atoms with Crippen molar-refractivity contribution in [2.24, 2.45) is 5.73 Å². The van der Waals surface area contributed by atoms with Crippen molar-refractivity contribution in [3.8, 4) is 11.6 Å². The van der Waals surface area contributed by atoms with E-state index in [9.17, 15) is 0 Å². The zero-order chi connectivity index (χ0) is 10.7. The van der Waals surface area contributed by atoms with Crippen molar-refractivity contribution in [2.75, 3.05) is 7.11 Å². The van der Waals surface area contributed by atoms with Crippen LogP contribution >= 0.6 is 0 Å². The molecule has 2 N–H and O–H groups in total. The van der Waals surface area contributed by atoms with E-state index in [2.05, 4.69) is 9.97 Å². The molecule has 2 aromatic heterocycles. The minimum Gasteiger partial charge on any atom is -0.493 e. The van der Waals surface area contributed by atoms with Gasteiger partial charge in [0, 0.05) is 18.6 Å². The molecule has 78 valence electrons. The van der Waals surface area contributed by atoms with Gasteiger partial charge in [-0.3, -0.25) is 4.57 Å². The second-order valence-corrected chi connectivity index (χ2v) is 2.95. The third kappa shape index (κ3) is 1.69. The van der Waals surface area contributed by atoms with Gasteiger partial charge < -0.3 is 10.5 Å². The molecule has 0 aliphatic heterocycles. The van der Waals surface area contributed by atoms with E-state index in [1.54, 1.807) is 19.5 Å². The average Bonchev–Trinajstić information content (AvgIpc) is 2.76. The second-order valence-electron chi connectivity index (χ2n) is 2.95. The van der Waals surface area contributed by atoms with Crippen LogP contribution in [0.15, 0.2) is 30.7 Å². The molecule has 0 bridgehead atoms. The van der Waals surface area contributed by atoms with E-state index < -0.39 is 0 Å². The number of imidazole rings is 1. The van der Waals surface area contributed by atoms with Gasteiger partial charge in [-0.25, -0.2) is 9.97 Å². The van der Waals surface area contributed by atoms with Gasteiger partial charge in [0.15, 0.2) is 11.6 Å². The van der Waals surface area contributed by atoms with Crippen molar-refractivity contribution in [2.45, 2.75) is 6.54 Å². The predicted molar refractivity (Wildman–Crippen MR) is 55.8 cm³/mol. The highest BCUT2D eigenvalue weighted by Gasteiger charge is 2.09. The van der Waals surface area contributed by atoms with Crippen LogP contribution in [0.2, 0.25) is 0 Å². The van der Waals surface area contributed by atoms with Crippen molar-refractivity contribution in [3.63, 3.8) is 0 Å². The van der Waals surface area contributed by atoms with Gasteiger partial charge >= 0.3 is 0 Å². The van der Waals surface area contributed by atoms with Crippen LogP contribution in [0.4, 0.5) is 0 Å². The number of nitrogens with two attached hydrogens (primary N) is 1. The molecule has 0 fully saturated rings.